The number of rotatable bonds is 1. The van der Waals surface area contributed by atoms with Gasteiger partial charge in [0, 0.05) is 0 Å². The highest BCUT2D eigenvalue weighted by Crippen LogP contribution is 2.52. The van der Waals surface area contributed by atoms with E-state index in [0.717, 1.165) is 11.1 Å². The van der Waals surface area contributed by atoms with Gasteiger partial charge < -0.3 is 19.3 Å². The summed E-state index contributed by atoms with van der Waals surface area (Å²) >= 11 is 0. The molecule has 3 aliphatic heterocycles. The van der Waals surface area contributed by atoms with Crippen LogP contribution in [0.5, 0.6) is 0 Å². The third-order valence-electron chi connectivity index (χ3n) is 7.30. The molecule has 0 saturated carbocycles. The monoisotopic (exact) mass is 404 g/mol. The molecule has 6 heteroatoms. The maximum atomic E-state index is 13.1. The molecule has 1 N–H and O–H groups in total. The Morgan fingerprint density at radius 2 is 1.86 bits per heavy atom. The van der Waals surface area contributed by atoms with Gasteiger partial charge in [-0.05, 0) is 64.0 Å². The normalized spacial score (nSPS) is 49.4. The molecular formula is C23H32O6. The number of carbonyl (C=O) groups is 2. The topological polar surface area (TPSA) is 82.1 Å². The maximum absolute atomic E-state index is 13.1. The average molecular weight is 405 g/mol. The summed E-state index contributed by atoms with van der Waals surface area (Å²) < 4.78 is 17.9. The molecule has 3 fully saturated rings. The van der Waals surface area contributed by atoms with Crippen LogP contribution in [0.4, 0.5) is 0 Å². The molecule has 6 nitrogen and oxygen atoms in total. The summed E-state index contributed by atoms with van der Waals surface area (Å²) in [6, 6.07) is 0. The lowest BCUT2D eigenvalue weighted by Gasteiger charge is -2.30. The van der Waals surface area contributed by atoms with Crippen LogP contribution in [-0.4, -0.2) is 40.5 Å². The van der Waals surface area contributed by atoms with E-state index in [1.165, 1.54) is 6.92 Å². The molecule has 0 bridgehead atoms. The van der Waals surface area contributed by atoms with Crippen LogP contribution in [0.25, 0.3) is 0 Å². The molecule has 4 rings (SSSR count). The Labute approximate surface area is 172 Å². The molecule has 0 aromatic heterocycles. The Hall–Kier alpha value is -1.50. The number of carbonyl (C=O) groups excluding carboxylic acids is 2. The summed E-state index contributed by atoms with van der Waals surface area (Å²) in [5.74, 6) is -2.39. The van der Waals surface area contributed by atoms with E-state index in [0.29, 0.717) is 25.0 Å². The van der Waals surface area contributed by atoms with Crippen molar-refractivity contribution in [3.63, 3.8) is 0 Å². The molecule has 0 aromatic carbocycles. The predicted octanol–water partition coefficient (Wildman–Crippen LogP) is 3.29. The van der Waals surface area contributed by atoms with E-state index in [1.54, 1.807) is 0 Å². The van der Waals surface area contributed by atoms with Crippen molar-refractivity contribution in [3.8, 4) is 0 Å². The van der Waals surface area contributed by atoms with Gasteiger partial charge in [-0.2, -0.15) is 0 Å². The van der Waals surface area contributed by atoms with Crippen molar-refractivity contribution in [2.24, 2.45) is 23.7 Å². The van der Waals surface area contributed by atoms with Gasteiger partial charge in [0.15, 0.2) is 11.6 Å². The van der Waals surface area contributed by atoms with Crippen LogP contribution in [0.2, 0.25) is 0 Å². The fraction of sp³-hybridized carbons (Fsp3) is 0.739. The minimum absolute atomic E-state index is 0.124. The summed E-state index contributed by atoms with van der Waals surface area (Å²) in [5.41, 5.74) is 1.31. The molecule has 0 spiro atoms. The standard InChI is InChI=1S/C23H32O6/c1-11(2)18-17(24)14-8-7-12(3)20-15-16(23(6,26)29-20)21(25)27-19(15)13(4)9-10-22(14,5)28-18/h7,11,14-16,18,20,26H,8-10H2,1-6H3/b12-7-,19-13+/t14-,15+,16-,18-,20-,22-,23-/m1/s1. The number of aliphatic hydroxyl groups is 1. The molecule has 0 unspecified atom stereocenters. The van der Waals surface area contributed by atoms with Crippen molar-refractivity contribution in [2.45, 2.75) is 84.4 Å². The first kappa shape index (κ1) is 20.8. The summed E-state index contributed by atoms with van der Waals surface area (Å²) in [6.07, 6.45) is 3.08. The zero-order valence-electron chi connectivity index (χ0n) is 18.2. The van der Waals surface area contributed by atoms with Crippen molar-refractivity contribution >= 4 is 11.8 Å². The summed E-state index contributed by atoms with van der Waals surface area (Å²) in [6.45, 7) is 11.5. The number of allylic oxidation sites excluding steroid dienone is 2. The fourth-order valence-electron chi connectivity index (χ4n) is 5.52. The van der Waals surface area contributed by atoms with Crippen molar-refractivity contribution in [3.05, 3.63) is 23.0 Å². The molecule has 7 atom stereocenters. The van der Waals surface area contributed by atoms with Crippen LogP contribution < -0.4 is 0 Å². The predicted molar refractivity (Wildman–Crippen MR) is 105 cm³/mol. The van der Waals surface area contributed by atoms with E-state index < -0.39 is 29.4 Å². The molecule has 0 amide bonds. The fourth-order valence-corrected chi connectivity index (χ4v) is 5.52. The number of ether oxygens (including phenoxy) is 3. The van der Waals surface area contributed by atoms with E-state index >= 15 is 0 Å². The number of hydrogen-bond acceptors (Lipinski definition) is 6. The first-order valence-corrected chi connectivity index (χ1v) is 10.7. The Balaban J connectivity index is 1.77. The second-order valence-electron chi connectivity index (χ2n) is 9.90. The van der Waals surface area contributed by atoms with Crippen molar-refractivity contribution in [1.82, 2.24) is 0 Å². The minimum atomic E-state index is -1.57. The van der Waals surface area contributed by atoms with Crippen LogP contribution in [-0.2, 0) is 23.8 Å². The number of fused-ring (bicyclic) bond motifs is 1. The number of ketones is 1. The molecule has 29 heavy (non-hydrogen) atoms. The number of Topliss-reactive ketones (excluding diaryl/α,β-unsaturated/α-hetero) is 1. The lowest BCUT2D eigenvalue weighted by atomic mass is 9.80. The van der Waals surface area contributed by atoms with Gasteiger partial charge in [0.25, 0.3) is 0 Å². The third kappa shape index (κ3) is 3.11. The van der Waals surface area contributed by atoms with Gasteiger partial charge in [-0.25, -0.2) is 0 Å². The molecule has 3 heterocycles. The van der Waals surface area contributed by atoms with Gasteiger partial charge in [0.05, 0.1) is 23.5 Å². The van der Waals surface area contributed by atoms with Crippen molar-refractivity contribution in [1.29, 1.82) is 0 Å². The SMILES string of the molecule is C/C1=C/C[C@@H]2C(=O)[C@@H](C(C)C)O[C@]2(C)CC/C(C)=C2/OC(=O)[C@H]3[C@@H]2[C@@H]1O[C@@]3(C)O. The van der Waals surface area contributed by atoms with E-state index in [-0.39, 0.29) is 29.6 Å². The second kappa shape index (κ2) is 6.76. The third-order valence-corrected chi connectivity index (χ3v) is 7.30. The van der Waals surface area contributed by atoms with Crippen LogP contribution in [0.15, 0.2) is 23.0 Å². The van der Waals surface area contributed by atoms with Gasteiger partial charge in [-0.3, -0.25) is 9.59 Å². The highest BCUT2D eigenvalue weighted by atomic mass is 16.6. The van der Waals surface area contributed by atoms with Gasteiger partial charge in [-0.15, -0.1) is 0 Å². The Kier molecular flexibility index (Phi) is 4.84. The molecule has 160 valence electrons. The van der Waals surface area contributed by atoms with Crippen LogP contribution >= 0.6 is 0 Å². The summed E-state index contributed by atoms with van der Waals surface area (Å²) in [5, 5.41) is 10.7. The summed E-state index contributed by atoms with van der Waals surface area (Å²) in [7, 11) is 0. The Morgan fingerprint density at radius 1 is 1.17 bits per heavy atom. The van der Waals surface area contributed by atoms with Gasteiger partial charge in [0.2, 0.25) is 0 Å². The van der Waals surface area contributed by atoms with Crippen molar-refractivity contribution in [2.75, 3.05) is 0 Å². The van der Waals surface area contributed by atoms with Gasteiger partial charge >= 0.3 is 5.97 Å². The summed E-state index contributed by atoms with van der Waals surface area (Å²) in [4.78, 5) is 25.7. The van der Waals surface area contributed by atoms with E-state index in [4.69, 9.17) is 14.2 Å². The minimum Gasteiger partial charge on any atom is -0.430 e. The van der Waals surface area contributed by atoms with Crippen LogP contribution in [0, 0.1) is 23.7 Å². The highest BCUT2D eigenvalue weighted by Gasteiger charge is 2.62. The molecule has 0 radical (unpaired) electrons. The quantitative estimate of drug-likeness (QED) is 0.533. The molecular weight excluding hydrogens is 372 g/mol. The zero-order chi connectivity index (χ0) is 21.3. The van der Waals surface area contributed by atoms with Gasteiger partial charge in [-0.1, -0.05) is 19.9 Å². The number of esters is 1. The smallest absolute Gasteiger partial charge is 0.320 e. The van der Waals surface area contributed by atoms with Crippen molar-refractivity contribution < 1.29 is 28.9 Å². The largest absolute Gasteiger partial charge is 0.430 e. The van der Waals surface area contributed by atoms with Crippen LogP contribution in [0.1, 0.15) is 60.8 Å². The molecule has 1 aliphatic carbocycles. The first-order chi connectivity index (χ1) is 13.5. The molecule has 4 aliphatic rings. The van der Waals surface area contributed by atoms with E-state index in [2.05, 4.69) is 0 Å². The maximum Gasteiger partial charge on any atom is 0.320 e. The first-order valence-electron chi connectivity index (χ1n) is 10.7. The van der Waals surface area contributed by atoms with E-state index in [9.17, 15) is 14.7 Å². The average Bonchev–Trinajstić information content (AvgIpc) is 3.21. The van der Waals surface area contributed by atoms with Gasteiger partial charge in [0.1, 0.15) is 17.8 Å². The second-order valence-corrected chi connectivity index (χ2v) is 9.90. The Morgan fingerprint density at radius 3 is 2.52 bits per heavy atom. The molecule has 0 aromatic rings. The van der Waals surface area contributed by atoms with E-state index in [1.807, 2.05) is 40.7 Å². The number of hydrogen-bond donors (Lipinski definition) is 1. The Bertz CT molecular complexity index is 806. The lowest BCUT2D eigenvalue weighted by molar-refractivity contribution is -0.200. The highest BCUT2D eigenvalue weighted by molar-refractivity contribution is 5.89. The lowest BCUT2D eigenvalue weighted by Crippen LogP contribution is -2.36. The molecule has 3 saturated heterocycles. The zero-order valence-corrected chi connectivity index (χ0v) is 18.2. The van der Waals surface area contributed by atoms with Crippen LogP contribution in [0.3, 0.4) is 0 Å².